The zero-order valence-corrected chi connectivity index (χ0v) is 11.4. The smallest absolute Gasteiger partial charge is 0.253 e. The second kappa shape index (κ2) is 5.12. The van der Waals surface area contributed by atoms with E-state index in [0.29, 0.717) is 5.92 Å². The second-order valence-corrected chi connectivity index (χ2v) is 5.12. The van der Waals surface area contributed by atoms with Gasteiger partial charge in [-0.25, -0.2) is 0 Å². The van der Waals surface area contributed by atoms with Crippen LogP contribution in [0.5, 0.6) is 0 Å². The molecular formula is C10H13Br2NO. The summed E-state index contributed by atoms with van der Waals surface area (Å²) in [5, 5.41) is 0.908. The lowest BCUT2D eigenvalue weighted by Crippen LogP contribution is -2.24. The highest BCUT2D eigenvalue weighted by Crippen LogP contribution is 2.10. The van der Waals surface area contributed by atoms with Crippen LogP contribution in [0.15, 0.2) is 21.5 Å². The predicted molar refractivity (Wildman–Crippen MR) is 66.1 cm³/mol. The van der Waals surface area contributed by atoms with Crippen LogP contribution in [0.4, 0.5) is 0 Å². The maximum Gasteiger partial charge on any atom is 0.253 e. The molecule has 1 aromatic rings. The Morgan fingerprint density at radius 2 is 2.21 bits per heavy atom. The Balaban J connectivity index is 3.02. The van der Waals surface area contributed by atoms with E-state index in [-0.39, 0.29) is 5.56 Å². The minimum atomic E-state index is 0.0981. The number of pyridine rings is 1. The molecule has 1 aromatic heterocycles. The largest absolute Gasteiger partial charge is 0.314 e. The fraction of sp³-hybridized carbons (Fsp3) is 0.500. The highest BCUT2D eigenvalue weighted by atomic mass is 79.9. The summed E-state index contributed by atoms with van der Waals surface area (Å²) in [5.41, 5.74) is 0.877. The molecule has 4 heteroatoms. The molecule has 0 saturated carbocycles. The average Bonchev–Trinajstić information content (AvgIpc) is 2.13. The number of halogens is 2. The molecule has 78 valence electrons. The topological polar surface area (TPSA) is 22.0 Å². The fourth-order valence-electron chi connectivity index (χ4n) is 1.26. The van der Waals surface area contributed by atoms with Crippen LogP contribution in [0.3, 0.4) is 0 Å². The van der Waals surface area contributed by atoms with Crippen molar-refractivity contribution in [2.75, 3.05) is 5.33 Å². The van der Waals surface area contributed by atoms with E-state index in [9.17, 15) is 4.79 Å². The molecule has 1 atom stereocenters. The van der Waals surface area contributed by atoms with Crippen LogP contribution in [-0.2, 0) is 6.54 Å². The zero-order chi connectivity index (χ0) is 10.7. The van der Waals surface area contributed by atoms with Crippen molar-refractivity contribution < 1.29 is 0 Å². The summed E-state index contributed by atoms with van der Waals surface area (Å²) < 4.78 is 2.71. The van der Waals surface area contributed by atoms with Crippen LogP contribution in [0, 0.1) is 12.8 Å². The van der Waals surface area contributed by atoms with Gasteiger partial charge in [0.25, 0.3) is 5.56 Å². The van der Waals surface area contributed by atoms with Gasteiger partial charge in [0.05, 0.1) is 0 Å². The van der Waals surface area contributed by atoms with Gasteiger partial charge in [0.1, 0.15) is 0 Å². The monoisotopic (exact) mass is 321 g/mol. The molecule has 0 spiro atoms. The Morgan fingerprint density at radius 3 is 2.79 bits per heavy atom. The van der Waals surface area contributed by atoms with Crippen LogP contribution in [-0.4, -0.2) is 9.90 Å². The first-order valence-electron chi connectivity index (χ1n) is 4.47. The van der Waals surface area contributed by atoms with Gasteiger partial charge in [-0.2, -0.15) is 0 Å². The van der Waals surface area contributed by atoms with Crippen molar-refractivity contribution in [3.8, 4) is 0 Å². The first-order chi connectivity index (χ1) is 6.54. The highest BCUT2D eigenvalue weighted by Gasteiger charge is 2.05. The average molecular weight is 323 g/mol. The number of aryl methyl sites for hydroxylation is 1. The first-order valence-corrected chi connectivity index (χ1v) is 6.38. The Bertz CT molecular complexity index is 373. The van der Waals surface area contributed by atoms with Gasteiger partial charge in [0.15, 0.2) is 0 Å². The maximum absolute atomic E-state index is 11.7. The van der Waals surface area contributed by atoms with E-state index in [0.717, 1.165) is 21.9 Å². The molecule has 0 aliphatic carbocycles. The number of nitrogens with zero attached hydrogens (tertiary/aromatic N) is 1. The molecule has 0 saturated heterocycles. The standard InChI is InChI=1S/C10H13Br2NO/c1-7(4-11)5-13-6-9(12)3-8(2)10(13)14/h3,6-7H,4-5H2,1-2H3. The van der Waals surface area contributed by atoms with E-state index in [2.05, 4.69) is 38.8 Å². The van der Waals surface area contributed by atoms with Crippen LogP contribution in [0.25, 0.3) is 0 Å². The third-order valence-corrected chi connectivity index (χ3v) is 3.54. The van der Waals surface area contributed by atoms with E-state index in [4.69, 9.17) is 0 Å². The quantitative estimate of drug-likeness (QED) is 0.784. The summed E-state index contributed by atoms with van der Waals surface area (Å²) in [6.45, 7) is 4.70. The molecule has 0 aromatic carbocycles. The van der Waals surface area contributed by atoms with Gasteiger partial charge < -0.3 is 4.57 Å². The molecule has 0 aliphatic heterocycles. The van der Waals surface area contributed by atoms with E-state index in [1.807, 2.05) is 19.2 Å². The molecule has 1 rings (SSSR count). The van der Waals surface area contributed by atoms with Crippen molar-refractivity contribution in [3.63, 3.8) is 0 Å². The third kappa shape index (κ3) is 2.95. The van der Waals surface area contributed by atoms with Crippen molar-refractivity contribution in [2.45, 2.75) is 20.4 Å². The summed E-state index contributed by atoms with van der Waals surface area (Å²) >= 11 is 6.79. The highest BCUT2D eigenvalue weighted by molar-refractivity contribution is 9.10. The van der Waals surface area contributed by atoms with E-state index in [1.54, 1.807) is 4.57 Å². The van der Waals surface area contributed by atoms with Gasteiger partial charge in [0.2, 0.25) is 0 Å². The van der Waals surface area contributed by atoms with Gasteiger partial charge in [-0.05, 0) is 34.8 Å². The Kier molecular flexibility index (Phi) is 4.38. The normalized spacial score (nSPS) is 12.9. The molecule has 0 amide bonds. The van der Waals surface area contributed by atoms with Crippen molar-refractivity contribution in [1.82, 2.24) is 4.57 Å². The van der Waals surface area contributed by atoms with E-state index < -0.39 is 0 Å². The lowest BCUT2D eigenvalue weighted by molar-refractivity contribution is 0.518. The van der Waals surface area contributed by atoms with Gasteiger partial charge in [0, 0.05) is 28.1 Å². The zero-order valence-electron chi connectivity index (χ0n) is 8.26. The Hall–Kier alpha value is -0.0900. The van der Waals surface area contributed by atoms with E-state index in [1.165, 1.54) is 0 Å². The molecule has 0 bridgehead atoms. The molecular weight excluding hydrogens is 310 g/mol. The minimum absolute atomic E-state index is 0.0981. The molecule has 0 fully saturated rings. The molecule has 14 heavy (non-hydrogen) atoms. The maximum atomic E-state index is 11.7. The molecule has 0 radical (unpaired) electrons. The van der Waals surface area contributed by atoms with Crippen LogP contribution in [0.1, 0.15) is 12.5 Å². The van der Waals surface area contributed by atoms with Crippen molar-refractivity contribution >= 4 is 31.9 Å². The van der Waals surface area contributed by atoms with Crippen LogP contribution >= 0.6 is 31.9 Å². The fourth-order valence-corrected chi connectivity index (χ4v) is 2.06. The summed E-state index contributed by atoms with van der Waals surface area (Å²) in [5.74, 6) is 0.460. The second-order valence-electron chi connectivity index (χ2n) is 3.56. The predicted octanol–water partition coefficient (Wildman–Crippen LogP) is 2.95. The molecule has 1 heterocycles. The van der Waals surface area contributed by atoms with Gasteiger partial charge >= 0.3 is 0 Å². The summed E-state index contributed by atoms with van der Waals surface area (Å²) in [6.07, 6.45) is 1.84. The number of hydrogen-bond acceptors (Lipinski definition) is 1. The number of hydrogen-bond donors (Lipinski definition) is 0. The third-order valence-electron chi connectivity index (χ3n) is 2.00. The molecule has 2 nitrogen and oxygen atoms in total. The van der Waals surface area contributed by atoms with Crippen LogP contribution < -0.4 is 5.56 Å². The van der Waals surface area contributed by atoms with Gasteiger partial charge in [-0.3, -0.25) is 4.79 Å². The Morgan fingerprint density at radius 1 is 1.57 bits per heavy atom. The molecule has 0 N–H and O–H groups in total. The van der Waals surface area contributed by atoms with Crippen molar-refractivity contribution in [3.05, 3.63) is 32.7 Å². The van der Waals surface area contributed by atoms with Gasteiger partial charge in [-0.1, -0.05) is 22.9 Å². The van der Waals surface area contributed by atoms with Crippen molar-refractivity contribution in [1.29, 1.82) is 0 Å². The summed E-state index contributed by atoms with van der Waals surface area (Å²) in [4.78, 5) is 11.7. The van der Waals surface area contributed by atoms with E-state index >= 15 is 0 Å². The lowest BCUT2D eigenvalue weighted by Gasteiger charge is -2.11. The van der Waals surface area contributed by atoms with Crippen LogP contribution in [0.2, 0.25) is 0 Å². The SMILES string of the molecule is Cc1cc(Br)cn(CC(C)CBr)c1=O. The molecule has 0 aliphatic rings. The molecule has 1 unspecified atom stereocenters. The number of aromatic nitrogens is 1. The van der Waals surface area contributed by atoms with Gasteiger partial charge in [-0.15, -0.1) is 0 Å². The Labute approximate surface area is 101 Å². The van der Waals surface area contributed by atoms with Crippen molar-refractivity contribution in [2.24, 2.45) is 5.92 Å². The number of alkyl halides is 1. The number of rotatable bonds is 3. The summed E-state index contributed by atoms with van der Waals surface area (Å²) in [6, 6.07) is 1.84. The first kappa shape index (κ1) is 12.0. The lowest BCUT2D eigenvalue weighted by atomic mass is 10.2. The summed E-state index contributed by atoms with van der Waals surface area (Å²) in [7, 11) is 0. The minimum Gasteiger partial charge on any atom is -0.314 e.